The van der Waals surface area contributed by atoms with Gasteiger partial charge in [0.15, 0.2) is 0 Å². The van der Waals surface area contributed by atoms with Gasteiger partial charge in [-0.05, 0) is 18.1 Å². The van der Waals surface area contributed by atoms with Crippen molar-refractivity contribution in [3.63, 3.8) is 0 Å². The summed E-state index contributed by atoms with van der Waals surface area (Å²) in [6, 6.07) is 5.69. The molecule has 0 fully saturated rings. The van der Waals surface area contributed by atoms with Gasteiger partial charge in [-0.1, -0.05) is 19.9 Å². The normalized spacial score (nSPS) is 12.0. The molecule has 1 rings (SSSR count). The van der Waals surface area contributed by atoms with Crippen LogP contribution in [0.2, 0.25) is 0 Å². The second-order valence-corrected chi connectivity index (χ2v) is 4.10. The van der Waals surface area contributed by atoms with Crippen LogP contribution in [0.3, 0.4) is 0 Å². The molecular weight excluding hydrogens is 216 g/mol. The van der Waals surface area contributed by atoms with Crippen LogP contribution in [0.25, 0.3) is 0 Å². The molecule has 0 aliphatic carbocycles. The monoisotopic (exact) mass is 236 g/mol. The summed E-state index contributed by atoms with van der Waals surface area (Å²) in [7, 11) is 3.25. The van der Waals surface area contributed by atoms with Gasteiger partial charge in [0.25, 0.3) is 0 Å². The minimum atomic E-state index is 0.0299. The summed E-state index contributed by atoms with van der Waals surface area (Å²) in [4.78, 5) is 11.6. The molecular formula is C14H20O3. The molecule has 0 N–H and O–H groups in total. The van der Waals surface area contributed by atoms with Gasteiger partial charge in [-0.3, -0.25) is 4.79 Å². The highest BCUT2D eigenvalue weighted by molar-refractivity contribution is 5.80. The Kier molecular flexibility index (Phi) is 5.01. The number of hydrogen-bond donors (Lipinski definition) is 0. The fraction of sp³-hybridized carbons (Fsp3) is 0.500. The predicted molar refractivity (Wildman–Crippen MR) is 67.7 cm³/mol. The molecule has 3 heteroatoms. The molecule has 0 radical (unpaired) electrons. The molecule has 0 heterocycles. The zero-order valence-electron chi connectivity index (χ0n) is 10.9. The molecule has 3 nitrogen and oxygen atoms in total. The van der Waals surface area contributed by atoms with E-state index in [0.717, 1.165) is 17.1 Å². The van der Waals surface area contributed by atoms with E-state index < -0.39 is 0 Å². The van der Waals surface area contributed by atoms with Crippen molar-refractivity contribution >= 4 is 5.78 Å². The zero-order valence-corrected chi connectivity index (χ0v) is 10.9. The van der Waals surface area contributed by atoms with E-state index in [1.165, 1.54) is 0 Å². The number of carbonyl (C=O) groups is 1. The lowest BCUT2D eigenvalue weighted by Crippen LogP contribution is -2.12. The SMILES string of the molecule is CCC(=O)C(C)Cc1ccc(OC)cc1OC. The maximum atomic E-state index is 11.6. The Hall–Kier alpha value is -1.51. The topological polar surface area (TPSA) is 35.5 Å². The van der Waals surface area contributed by atoms with Crippen LogP contribution in [0.4, 0.5) is 0 Å². The first kappa shape index (κ1) is 13.6. The van der Waals surface area contributed by atoms with Crippen LogP contribution in [0.15, 0.2) is 18.2 Å². The second kappa shape index (κ2) is 6.28. The van der Waals surface area contributed by atoms with E-state index in [-0.39, 0.29) is 11.7 Å². The summed E-state index contributed by atoms with van der Waals surface area (Å²) in [5, 5.41) is 0. The van der Waals surface area contributed by atoms with Crippen molar-refractivity contribution in [2.75, 3.05) is 14.2 Å². The summed E-state index contributed by atoms with van der Waals surface area (Å²) < 4.78 is 10.4. The van der Waals surface area contributed by atoms with Crippen molar-refractivity contribution in [2.45, 2.75) is 26.7 Å². The van der Waals surface area contributed by atoms with E-state index in [0.29, 0.717) is 12.8 Å². The Morgan fingerprint density at radius 2 is 2.00 bits per heavy atom. The summed E-state index contributed by atoms with van der Waals surface area (Å²) in [6.45, 7) is 3.85. The van der Waals surface area contributed by atoms with Crippen LogP contribution in [-0.4, -0.2) is 20.0 Å². The maximum absolute atomic E-state index is 11.6. The number of ether oxygens (including phenoxy) is 2. The number of carbonyl (C=O) groups excluding carboxylic acids is 1. The summed E-state index contributed by atoms with van der Waals surface area (Å²) in [6.07, 6.45) is 1.29. The van der Waals surface area contributed by atoms with E-state index >= 15 is 0 Å². The number of Topliss-reactive ketones (excluding diaryl/α,β-unsaturated/α-hetero) is 1. The average Bonchev–Trinajstić information content (AvgIpc) is 2.37. The Bertz CT molecular complexity index is 385. The van der Waals surface area contributed by atoms with Crippen molar-refractivity contribution in [1.29, 1.82) is 0 Å². The largest absolute Gasteiger partial charge is 0.497 e. The fourth-order valence-electron chi connectivity index (χ4n) is 1.81. The van der Waals surface area contributed by atoms with Gasteiger partial charge >= 0.3 is 0 Å². The van der Waals surface area contributed by atoms with Crippen molar-refractivity contribution < 1.29 is 14.3 Å². The van der Waals surface area contributed by atoms with E-state index in [9.17, 15) is 4.79 Å². The first-order valence-electron chi connectivity index (χ1n) is 5.86. The molecule has 0 aromatic heterocycles. The van der Waals surface area contributed by atoms with Gasteiger partial charge < -0.3 is 9.47 Å². The van der Waals surface area contributed by atoms with Gasteiger partial charge in [-0.2, -0.15) is 0 Å². The minimum absolute atomic E-state index is 0.0299. The van der Waals surface area contributed by atoms with Crippen LogP contribution in [0, 0.1) is 5.92 Å². The lowest BCUT2D eigenvalue weighted by Gasteiger charge is -2.13. The highest BCUT2D eigenvalue weighted by atomic mass is 16.5. The highest BCUT2D eigenvalue weighted by Crippen LogP contribution is 2.27. The number of benzene rings is 1. The zero-order chi connectivity index (χ0) is 12.8. The molecule has 1 aromatic rings. The third-order valence-electron chi connectivity index (χ3n) is 2.92. The first-order valence-corrected chi connectivity index (χ1v) is 5.86. The van der Waals surface area contributed by atoms with Gasteiger partial charge in [0.2, 0.25) is 0 Å². The summed E-state index contributed by atoms with van der Waals surface area (Å²) in [5.74, 6) is 1.85. The maximum Gasteiger partial charge on any atom is 0.135 e. The lowest BCUT2D eigenvalue weighted by molar-refractivity contribution is -0.122. The van der Waals surface area contributed by atoms with Crippen molar-refractivity contribution in [1.82, 2.24) is 0 Å². The van der Waals surface area contributed by atoms with Crippen LogP contribution in [0.5, 0.6) is 11.5 Å². The van der Waals surface area contributed by atoms with Gasteiger partial charge in [-0.25, -0.2) is 0 Å². The second-order valence-electron chi connectivity index (χ2n) is 4.10. The van der Waals surface area contributed by atoms with Crippen molar-refractivity contribution in [2.24, 2.45) is 5.92 Å². The molecule has 1 atom stereocenters. The molecule has 0 aliphatic rings. The minimum Gasteiger partial charge on any atom is -0.497 e. The Morgan fingerprint density at radius 1 is 1.29 bits per heavy atom. The summed E-state index contributed by atoms with van der Waals surface area (Å²) in [5.41, 5.74) is 1.04. The predicted octanol–water partition coefficient (Wildman–Crippen LogP) is 2.86. The Balaban J connectivity index is 2.87. The third kappa shape index (κ3) is 3.48. The number of methoxy groups -OCH3 is 2. The number of rotatable bonds is 6. The van der Waals surface area contributed by atoms with Crippen LogP contribution in [0.1, 0.15) is 25.8 Å². The van der Waals surface area contributed by atoms with Crippen molar-refractivity contribution in [3.8, 4) is 11.5 Å². The summed E-state index contributed by atoms with van der Waals surface area (Å²) >= 11 is 0. The quantitative estimate of drug-likeness (QED) is 0.762. The molecule has 0 saturated carbocycles. The van der Waals surface area contributed by atoms with Crippen LogP contribution < -0.4 is 9.47 Å². The number of ketones is 1. The molecule has 94 valence electrons. The van der Waals surface area contributed by atoms with E-state index in [2.05, 4.69) is 0 Å². The van der Waals surface area contributed by atoms with E-state index in [1.807, 2.05) is 32.0 Å². The lowest BCUT2D eigenvalue weighted by atomic mass is 9.95. The smallest absolute Gasteiger partial charge is 0.135 e. The van der Waals surface area contributed by atoms with Crippen LogP contribution >= 0.6 is 0 Å². The molecule has 1 aromatic carbocycles. The third-order valence-corrected chi connectivity index (χ3v) is 2.92. The molecule has 17 heavy (non-hydrogen) atoms. The average molecular weight is 236 g/mol. The van der Waals surface area contributed by atoms with Crippen molar-refractivity contribution in [3.05, 3.63) is 23.8 Å². The molecule has 0 aliphatic heterocycles. The Labute approximate surface area is 103 Å². The molecule has 0 saturated heterocycles. The van der Waals surface area contributed by atoms with Gasteiger partial charge in [-0.15, -0.1) is 0 Å². The molecule has 0 spiro atoms. The van der Waals surface area contributed by atoms with Gasteiger partial charge in [0.05, 0.1) is 14.2 Å². The van der Waals surface area contributed by atoms with Gasteiger partial charge in [0, 0.05) is 18.4 Å². The molecule has 0 amide bonds. The van der Waals surface area contributed by atoms with E-state index in [1.54, 1.807) is 14.2 Å². The molecule has 1 unspecified atom stereocenters. The fourth-order valence-corrected chi connectivity index (χ4v) is 1.81. The standard InChI is InChI=1S/C14H20O3/c1-5-13(15)10(2)8-11-6-7-12(16-3)9-14(11)17-4/h6-7,9-10H,5,8H2,1-4H3. The Morgan fingerprint density at radius 3 is 2.53 bits per heavy atom. The van der Waals surface area contributed by atoms with Crippen LogP contribution in [-0.2, 0) is 11.2 Å². The van der Waals surface area contributed by atoms with Gasteiger partial charge in [0.1, 0.15) is 17.3 Å². The first-order chi connectivity index (χ1) is 8.12. The van der Waals surface area contributed by atoms with E-state index in [4.69, 9.17) is 9.47 Å². The highest BCUT2D eigenvalue weighted by Gasteiger charge is 2.14. The molecule has 0 bridgehead atoms. The number of hydrogen-bond acceptors (Lipinski definition) is 3.